The first kappa shape index (κ1) is 29.3. The predicted octanol–water partition coefficient (Wildman–Crippen LogP) is 3.90. The third-order valence-corrected chi connectivity index (χ3v) is 4.25. The molecular weight excluding hydrogens is 442 g/mol. The molecule has 0 aromatic heterocycles. The summed E-state index contributed by atoms with van der Waals surface area (Å²) in [5.74, 6) is 1.20. The van der Waals surface area contributed by atoms with Crippen molar-refractivity contribution in [1.82, 2.24) is 5.32 Å². The molecule has 0 saturated carbocycles. The molecule has 0 spiro atoms. The van der Waals surface area contributed by atoms with Crippen molar-refractivity contribution in [2.24, 2.45) is 0 Å². The van der Waals surface area contributed by atoms with E-state index in [4.69, 9.17) is 28.4 Å². The molecule has 1 N–H and O–H groups in total. The Balaban J connectivity index is 1.84. The number of rotatable bonds is 20. The van der Waals surface area contributed by atoms with Gasteiger partial charge in [-0.05, 0) is 56.9 Å². The maximum absolute atomic E-state index is 11.5. The van der Waals surface area contributed by atoms with Gasteiger partial charge in [0.2, 0.25) is 0 Å². The Hall–Kier alpha value is -2.78. The summed E-state index contributed by atoms with van der Waals surface area (Å²) in [4.78, 5) is 22.7. The Morgan fingerprint density at radius 1 is 0.765 bits per heavy atom. The minimum atomic E-state index is -0.522. The van der Waals surface area contributed by atoms with Crippen molar-refractivity contribution in [2.45, 2.75) is 39.5 Å². The van der Waals surface area contributed by atoms with Gasteiger partial charge >= 0.3 is 12.1 Å². The van der Waals surface area contributed by atoms with E-state index in [0.717, 1.165) is 30.8 Å². The molecule has 192 valence electrons. The van der Waals surface area contributed by atoms with Crippen molar-refractivity contribution < 1.29 is 38.0 Å². The third-order valence-electron chi connectivity index (χ3n) is 4.25. The van der Waals surface area contributed by atoms with E-state index in [1.807, 2.05) is 24.3 Å². The fourth-order valence-corrected chi connectivity index (χ4v) is 2.48. The molecular formula is C25H39NO8. The van der Waals surface area contributed by atoms with E-state index in [2.05, 4.69) is 18.8 Å². The van der Waals surface area contributed by atoms with Gasteiger partial charge in [-0.2, -0.15) is 0 Å². The van der Waals surface area contributed by atoms with Gasteiger partial charge in [-0.1, -0.05) is 13.5 Å². The molecule has 1 aromatic carbocycles. The van der Waals surface area contributed by atoms with Crippen LogP contribution in [-0.4, -0.2) is 71.5 Å². The Bertz CT molecular complexity index is 693. The molecule has 0 aliphatic heterocycles. The number of ether oxygens (including phenoxy) is 6. The average Bonchev–Trinajstić information content (AvgIpc) is 2.83. The highest BCUT2D eigenvalue weighted by molar-refractivity contribution is 5.86. The van der Waals surface area contributed by atoms with E-state index >= 15 is 0 Å². The monoisotopic (exact) mass is 481 g/mol. The van der Waals surface area contributed by atoms with Crippen LogP contribution in [-0.2, 0) is 23.7 Å². The van der Waals surface area contributed by atoms with Crippen LogP contribution >= 0.6 is 0 Å². The van der Waals surface area contributed by atoms with Crippen LogP contribution in [0.15, 0.2) is 36.4 Å². The Morgan fingerprint density at radius 2 is 1.35 bits per heavy atom. The van der Waals surface area contributed by atoms with Crippen molar-refractivity contribution in [1.29, 1.82) is 0 Å². The topological polar surface area (TPSA) is 102 Å². The van der Waals surface area contributed by atoms with E-state index in [9.17, 15) is 9.59 Å². The van der Waals surface area contributed by atoms with Gasteiger partial charge in [0.15, 0.2) is 0 Å². The van der Waals surface area contributed by atoms with Crippen LogP contribution in [0.3, 0.4) is 0 Å². The Kier molecular flexibility index (Phi) is 16.9. The molecule has 0 unspecified atom stereocenters. The van der Waals surface area contributed by atoms with Crippen molar-refractivity contribution in [3.05, 3.63) is 36.4 Å². The smallest absolute Gasteiger partial charge is 0.407 e. The number of alkyl carbamates (subject to hydrolysis) is 1. The van der Waals surface area contributed by atoms with Gasteiger partial charge in [0, 0.05) is 25.3 Å². The zero-order valence-electron chi connectivity index (χ0n) is 20.5. The van der Waals surface area contributed by atoms with Crippen LogP contribution < -0.4 is 14.8 Å². The lowest BCUT2D eigenvalue weighted by Gasteiger charge is -2.09. The van der Waals surface area contributed by atoms with Crippen LogP contribution in [0.4, 0.5) is 4.79 Å². The van der Waals surface area contributed by atoms with E-state index in [1.54, 1.807) is 6.92 Å². The molecule has 1 aromatic rings. The first-order chi connectivity index (χ1) is 16.5. The second kappa shape index (κ2) is 19.7. The molecule has 0 aliphatic carbocycles. The van der Waals surface area contributed by atoms with Gasteiger partial charge in [0.25, 0.3) is 0 Å². The molecule has 9 heteroatoms. The number of nitrogens with one attached hydrogen (secondary N) is 1. The molecule has 0 heterocycles. The normalized spacial score (nSPS) is 10.4. The summed E-state index contributed by atoms with van der Waals surface area (Å²) in [7, 11) is 0. The first-order valence-electron chi connectivity index (χ1n) is 11.8. The molecule has 0 saturated heterocycles. The van der Waals surface area contributed by atoms with Crippen LogP contribution in [0, 0.1) is 0 Å². The fourth-order valence-electron chi connectivity index (χ4n) is 2.48. The van der Waals surface area contributed by atoms with E-state index < -0.39 is 12.1 Å². The van der Waals surface area contributed by atoms with Gasteiger partial charge in [-0.15, -0.1) is 0 Å². The molecule has 0 aliphatic rings. The largest absolute Gasteiger partial charge is 0.494 e. The van der Waals surface area contributed by atoms with E-state index in [1.165, 1.54) is 0 Å². The summed E-state index contributed by atoms with van der Waals surface area (Å²) in [6, 6.07) is 7.58. The number of carbonyl (C=O) groups excluding carboxylic acids is 2. The number of hydrogen-bond donors (Lipinski definition) is 1. The fraction of sp³-hybridized carbons (Fsp3) is 0.600. The zero-order valence-corrected chi connectivity index (χ0v) is 20.5. The van der Waals surface area contributed by atoms with Crippen LogP contribution in [0.1, 0.15) is 39.5 Å². The zero-order chi connectivity index (χ0) is 24.9. The van der Waals surface area contributed by atoms with E-state index in [0.29, 0.717) is 58.2 Å². The highest BCUT2D eigenvalue weighted by Crippen LogP contribution is 2.17. The van der Waals surface area contributed by atoms with Crippen LogP contribution in [0.5, 0.6) is 11.5 Å². The van der Waals surface area contributed by atoms with Gasteiger partial charge in [-0.25, -0.2) is 9.59 Å². The van der Waals surface area contributed by atoms with Crippen molar-refractivity contribution in [3.63, 3.8) is 0 Å². The standard InChI is InChI=1S/C25H39NO8/c1-4-13-31-22-8-10-23(11-9-22)32-19-17-29-14-5-6-15-30-18-20-34-25(28)26-12-7-16-33-24(27)21(2)3/h8-11H,2,4-7,12-20H2,1,3H3,(H,26,28). The average molecular weight is 482 g/mol. The number of amides is 1. The molecule has 0 radical (unpaired) electrons. The van der Waals surface area contributed by atoms with Gasteiger partial charge in [0.05, 0.1) is 26.4 Å². The van der Waals surface area contributed by atoms with Crippen LogP contribution in [0.2, 0.25) is 0 Å². The Morgan fingerprint density at radius 3 is 1.94 bits per heavy atom. The SMILES string of the molecule is C=C(C)C(=O)OCCCNC(=O)OCCOCCCCOCCOc1ccc(OCCC)cc1. The molecule has 9 nitrogen and oxygen atoms in total. The molecule has 1 amide bonds. The highest BCUT2D eigenvalue weighted by atomic mass is 16.6. The summed E-state index contributed by atoms with van der Waals surface area (Å²) in [5.41, 5.74) is 0.348. The van der Waals surface area contributed by atoms with E-state index in [-0.39, 0.29) is 13.2 Å². The summed E-state index contributed by atoms with van der Waals surface area (Å²) in [5, 5.41) is 2.58. The summed E-state index contributed by atoms with van der Waals surface area (Å²) in [6.07, 6.45) is 2.69. The van der Waals surface area contributed by atoms with Gasteiger partial charge < -0.3 is 33.7 Å². The lowest BCUT2D eigenvalue weighted by molar-refractivity contribution is -0.138. The number of carbonyl (C=O) groups is 2. The van der Waals surface area contributed by atoms with Crippen LogP contribution in [0.25, 0.3) is 0 Å². The molecule has 0 bridgehead atoms. The summed E-state index contributed by atoms with van der Waals surface area (Å²) in [6.45, 7) is 11.2. The second-order valence-corrected chi connectivity index (χ2v) is 7.43. The number of esters is 1. The lowest BCUT2D eigenvalue weighted by Crippen LogP contribution is -2.27. The number of unbranched alkanes of at least 4 members (excludes halogenated alkanes) is 1. The number of benzene rings is 1. The number of hydrogen-bond acceptors (Lipinski definition) is 8. The highest BCUT2D eigenvalue weighted by Gasteiger charge is 2.04. The molecule has 0 atom stereocenters. The molecule has 0 fully saturated rings. The maximum atomic E-state index is 11.5. The van der Waals surface area contributed by atoms with Gasteiger partial charge in [0.1, 0.15) is 24.7 Å². The third kappa shape index (κ3) is 15.9. The molecule has 34 heavy (non-hydrogen) atoms. The minimum absolute atomic E-state index is 0.177. The van der Waals surface area contributed by atoms with Crippen molar-refractivity contribution in [2.75, 3.05) is 59.4 Å². The minimum Gasteiger partial charge on any atom is -0.494 e. The predicted molar refractivity (Wildman–Crippen MR) is 128 cm³/mol. The second-order valence-electron chi connectivity index (χ2n) is 7.43. The summed E-state index contributed by atoms with van der Waals surface area (Å²) >= 11 is 0. The van der Waals surface area contributed by atoms with Gasteiger partial charge in [-0.3, -0.25) is 0 Å². The Labute approximate surface area is 202 Å². The van der Waals surface area contributed by atoms with Crippen molar-refractivity contribution in [3.8, 4) is 11.5 Å². The first-order valence-corrected chi connectivity index (χ1v) is 11.8. The van der Waals surface area contributed by atoms with Crippen molar-refractivity contribution >= 4 is 12.1 Å². The lowest BCUT2D eigenvalue weighted by atomic mass is 10.3. The summed E-state index contributed by atoms with van der Waals surface area (Å²) < 4.78 is 32.1. The maximum Gasteiger partial charge on any atom is 0.407 e. The quantitative estimate of drug-likeness (QED) is 0.170. The molecule has 1 rings (SSSR count).